The fourth-order valence-corrected chi connectivity index (χ4v) is 2.43. The first-order valence-corrected chi connectivity index (χ1v) is 7.55. The average Bonchev–Trinajstić information content (AvgIpc) is 2.99. The maximum atomic E-state index is 9.27. The summed E-state index contributed by atoms with van der Waals surface area (Å²) >= 11 is 0. The van der Waals surface area contributed by atoms with Crippen LogP contribution in [-0.2, 0) is 6.54 Å². The SMILES string of the molecule is CC(O)CCNCc1cn[nH]c1-c1ccc2c(c1)OCCO2. The molecular weight excluding hydrogens is 282 g/mol. The minimum absolute atomic E-state index is 0.283. The van der Waals surface area contributed by atoms with E-state index < -0.39 is 0 Å². The standard InChI is InChI=1S/C16H21N3O3/c1-11(20)4-5-17-9-13-10-18-19-16(13)12-2-3-14-15(8-12)22-7-6-21-14/h2-3,8,10-11,17,20H,4-7,9H2,1H3,(H,18,19). The van der Waals surface area contributed by atoms with Crippen molar-refractivity contribution in [1.29, 1.82) is 0 Å². The monoisotopic (exact) mass is 303 g/mol. The third-order valence-corrected chi connectivity index (χ3v) is 3.60. The number of aliphatic hydroxyl groups is 1. The summed E-state index contributed by atoms with van der Waals surface area (Å²) in [5, 5.41) is 19.8. The molecule has 0 aliphatic carbocycles. The Balaban J connectivity index is 1.71. The molecule has 0 saturated carbocycles. The first kappa shape index (κ1) is 14.9. The number of ether oxygens (including phenoxy) is 2. The molecule has 6 nitrogen and oxygen atoms in total. The highest BCUT2D eigenvalue weighted by atomic mass is 16.6. The second-order valence-electron chi connectivity index (χ2n) is 5.44. The zero-order valence-corrected chi connectivity index (χ0v) is 12.6. The van der Waals surface area contributed by atoms with Gasteiger partial charge in [0, 0.05) is 17.7 Å². The molecule has 6 heteroatoms. The zero-order chi connectivity index (χ0) is 15.4. The van der Waals surface area contributed by atoms with Crippen LogP contribution in [0.4, 0.5) is 0 Å². The highest BCUT2D eigenvalue weighted by Gasteiger charge is 2.14. The largest absolute Gasteiger partial charge is 0.486 e. The molecule has 3 rings (SSSR count). The van der Waals surface area contributed by atoms with Crippen molar-refractivity contribution in [2.24, 2.45) is 0 Å². The van der Waals surface area contributed by atoms with Crippen molar-refractivity contribution in [2.45, 2.75) is 26.0 Å². The number of nitrogens with zero attached hydrogens (tertiary/aromatic N) is 1. The van der Waals surface area contributed by atoms with Crippen LogP contribution in [0.3, 0.4) is 0 Å². The van der Waals surface area contributed by atoms with Crippen LogP contribution in [0, 0.1) is 0 Å². The van der Waals surface area contributed by atoms with Crippen molar-refractivity contribution in [2.75, 3.05) is 19.8 Å². The lowest BCUT2D eigenvalue weighted by Crippen LogP contribution is -2.18. The summed E-state index contributed by atoms with van der Waals surface area (Å²) in [7, 11) is 0. The second kappa shape index (κ2) is 6.81. The first-order valence-electron chi connectivity index (χ1n) is 7.55. The third-order valence-electron chi connectivity index (χ3n) is 3.60. The maximum Gasteiger partial charge on any atom is 0.162 e. The summed E-state index contributed by atoms with van der Waals surface area (Å²) in [5.41, 5.74) is 3.08. The second-order valence-corrected chi connectivity index (χ2v) is 5.44. The van der Waals surface area contributed by atoms with Crippen LogP contribution in [0.2, 0.25) is 0 Å². The number of hydrogen-bond donors (Lipinski definition) is 3. The Morgan fingerprint density at radius 1 is 1.32 bits per heavy atom. The van der Waals surface area contributed by atoms with Crippen molar-refractivity contribution >= 4 is 0 Å². The van der Waals surface area contributed by atoms with Gasteiger partial charge in [-0.2, -0.15) is 5.10 Å². The van der Waals surface area contributed by atoms with Crippen LogP contribution < -0.4 is 14.8 Å². The van der Waals surface area contributed by atoms with Crippen molar-refractivity contribution < 1.29 is 14.6 Å². The molecule has 22 heavy (non-hydrogen) atoms. The van der Waals surface area contributed by atoms with E-state index in [2.05, 4.69) is 15.5 Å². The predicted octanol–water partition coefficient (Wildman–Crippen LogP) is 1.71. The number of aromatic nitrogens is 2. The Kier molecular flexibility index (Phi) is 4.60. The molecule has 0 saturated heterocycles. The van der Waals surface area contributed by atoms with Gasteiger partial charge in [0.25, 0.3) is 0 Å². The number of hydrogen-bond acceptors (Lipinski definition) is 5. The molecule has 0 spiro atoms. The molecule has 0 radical (unpaired) electrons. The van der Waals surface area contributed by atoms with E-state index in [1.807, 2.05) is 24.4 Å². The molecule has 1 aromatic carbocycles. The van der Waals surface area contributed by atoms with Crippen LogP contribution in [0.15, 0.2) is 24.4 Å². The van der Waals surface area contributed by atoms with Crippen LogP contribution in [0.25, 0.3) is 11.3 Å². The van der Waals surface area contributed by atoms with Gasteiger partial charge in [-0.15, -0.1) is 0 Å². The smallest absolute Gasteiger partial charge is 0.162 e. The fraction of sp³-hybridized carbons (Fsp3) is 0.438. The molecule has 0 fully saturated rings. The lowest BCUT2D eigenvalue weighted by atomic mass is 10.1. The van der Waals surface area contributed by atoms with E-state index in [-0.39, 0.29) is 6.10 Å². The van der Waals surface area contributed by atoms with Crippen LogP contribution in [0.5, 0.6) is 11.5 Å². The Hall–Kier alpha value is -2.05. The summed E-state index contributed by atoms with van der Waals surface area (Å²) in [6.45, 7) is 4.43. The number of aliphatic hydroxyl groups excluding tert-OH is 1. The molecule has 1 atom stereocenters. The van der Waals surface area contributed by atoms with E-state index in [0.717, 1.165) is 41.3 Å². The van der Waals surface area contributed by atoms with E-state index >= 15 is 0 Å². The maximum absolute atomic E-state index is 9.27. The number of H-pyrrole nitrogens is 1. The highest BCUT2D eigenvalue weighted by molar-refractivity contribution is 5.66. The van der Waals surface area contributed by atoms with E-state index in [9.17, 15) is 5.11 Å². The van der Waals surface area contributed by atoms with Crippen molar-refractivity contribution in [3.8, 4) is 22.8 Å². The summed E-state index contributed by atoms with van der Waals surface area (Å²) in [6, 6.07) is 5.90. The van der Waals surface area contributed by atoms with E-state index in [1.165, 1.54) is 0 Å². The molecular formula is C16H21N3O3. The molecule has 2 heterocycles. The topological polar surface area (TPSA) is 79.4 Å². The van der Waals surface area contributed by atoms with Crippen molar-refractivity contribution in [3.63, 3.8) is 0 Å². The van der Waals surface area contributed by atoms with E-state index in [4.69, 9.17) is 9.47 Å². The minimum atomic E-state index is -0.283. The molecule has 1 aliphatic heterocycles. The van der Waals surface area contributed by atoms with Crippen LogP contribution >= 0.6 is 0 Å². The molecule has 3 N–H and O–H groups in total. The Morgan fingerprint density at radius 3 is 2.95 bits per heavy atom. The van der Waals surface area contributed by atoms with Gasteiger partial charge >= 0.3 is 0 Å². The van der Waals surface area contributed by atoms with Gasteiger partial charge in [0.15, 0.2) is 11.5 Å². The van der Waals surface area contributed by atoms with Crippen molar-refractivity contribution in [1.82, 2.24) is 15.5 Å². The number of benzene rings is 1. The van der Waals surface area contributed by atoms with Crippen LogP contribution in [-0.4, -0.2) is 41.2 Å². The summed E-state index contributed by atoms with van der Waals surface area (Å²) in [4.78, 5) is 0. The van der Waals surface area contributed by atoms with Gasteiger partial charge in [0.05, 0.1) is 18.0 Å². The van der Waals surface area contributed by atoms with Gasteiger partial charge in [-0.3, -0.25) is 5.10 Å². The van der Waals surface area contributed by atoms with E-state index in [1.54, 1.807) is 6.92 Å². The molecule has 118 valence electrons. The number of aromatic amines is 1. The molecule has 2 aromatic rings. The van der Waals surface area contributed by atoms with Gasteiger partial charge < -0.3 is 19.9 Å². The van der Waals surface area contributed by atoms with Gasteiger partial charge in [0.2, 0.25) is 0 Å². The quantitative estimate of drug-likeness (QED) is 0.708. The third kappa shape index (κ3) is 3.40. The Morgan fingerprint density at radius 2 is 2.14 bits per heavy atom. The summed E-state index contributed by atoms with van der Waals surface area (Å²) < 4.78 is 11.2. The molecule has 1 unspecified atom stereocenters. The number of fused-ring (bicyclic) bond motifs is 1. The zero-order valence-electron chi connectivity index (χ0n) is 12.6. The predicted molar refractivity (Wildman–Crippen MR) is 83.0 cm³/mol. The van der Waals surface area contributed by atoms with Crippen LogP contribution in [0.1, 0.15) is 18.9 Å². The molecule has 0 amide bonds. The normalized spacial score (nSPS) is 14.8. The molecule has 0 bridgehead atoms. The summed E-state index contributed by atoms with van der Waals surface area (Å²) in [5.74, 6) is 1.55. The van der Waals surface area contributed by atoms with Gasteiger partial charge in [-0.25, -0.2) is 0 Å². The Labute approximate surface area is 129 Å². The van der Waals surface area contributed by atoms with Gasteiger partial charge in [0.1, 0.15) is 13.2 Å². The van der Waals surface area contributed by atoms with Crippen molar-refractivity contribution in [3.05, 3.63) is 30.0 Å². The van der Waals surface area contributed by atoms with Gasteiger partial charge in [-0.1, -0.05) is 0 Å². The average molecular weight is 303 g/mol. The summed E-state index contributed by atoms with van der Waals surface area (Å²) in [6.07, 6.45) is 2.27. The Bertz CT molecular complexity index is 625. The lowest BCUT2D eigenvalue weighted by molar-refractivity contribution is 0.171. The van der Waals surface area contributed by atoms with Gasteiger partial charge in [-0.05, 0) is 38.1 Å². The highest BCUT2D eigenvalue weighted by Crippen LogP contribution is 2.34. The fourth-order valence-electron chi connectivity index (χ4n) is 2.43. The lowest BCUT2D eigenvalue weighted by Gasteiger charge is -2.18. The number of nitrogens with one attached hydrogen (secondary N) is 2. The number of rotatable bonds is 6. The first-order chi connectivity index (χ1) is 10.7. The minimum Gasteiger partial charge on any atom is -0.486 e. The molecule has 1 aliphatic rings. The molecule has 1 aromatic heterocycles. The van der Waals surface area contributed by atoms with E-state index in [0.29, 0.717) is 19.8 Å².